The van der Waals surface area contributed by atoms with Gasteiger partial charge in [0, 0.05) is 44.3 Å². The molecule has 0 saturated heterocycles. The number of aliphatic imine (C=N–C) groups is 1. The number of halogens is 1. The Bertz CT molecular complexity index is 617. The van der Waals surface area contributed by atoms with Gasteiger partial charge in [-0.2, -0.15) is 5.10 Å². The molecule has 2 heterocycles. The van der Waals surface area contributed by atoms with Crippen molar-refractivity contribution in [1.82, 2.24) is 25.4 Å². The van der Waals surface area contributed by atoms with Gasteiger partial charge in [-0.15, -0.1) is 24.0 Å². The van der Waals surface area contributed by atoms with E-state index in [9.17, 15) is 0 Å². The van der Waals surface area contributed by atoms with Crippen LogP contribution in [0.2, 0.25) is 0 Å². The zero-order valence-corrected chi connectivity index (χ0v) is 17.1. The molecule has 2 aromatic rings. The first kappa shape index (κ1) is 21.2. The molecule has 0 aromatic carbocycles. The number of ether oxygens (including phenoxy) is 1. The summed E-state index contributed by atoms with van der Waals surface area (Å²) in [6.07, 6.45) is 6.50. The second-order valence-electron chi connectivity index (χ2n) is 5.18. The number of hydrogen-bond donors (Lipinski definition) is 2. The molecular formula is C17H27IN6O. The van der Waals surface area contributed by atoms with Crippen molar-refractivity contribution in [1.29, 1.82) is 0 Å². The van der Waals surface area contributed by atoms with Crippen LogP contribution < -0.4 is 15.4 Å². The lowest BCUT2D eigenvalue weighted by molar-refractivity contribution is 0.326. The van der Waals surface area contributed by atoms with E-state index < -0.39 is 0 Å². The number of guanidine groups is 1. The van der Waals surface area contributed by atoms with Crippen LogP contribution in [0, 0.1) is 0 Å². The molecule has 0 spiro atoms. The van der Waals surface area contributed by atoms with Crippen molar-refractivity contribution >= 4 is 29.9 Å². The highest BCUT2D eigenvalue weighted by Crippen LogP contribution is 2.10. The van der Waals surface area contributed by atoms with Crippen LogP contribution in [-0.2, 0) is 13.1 Å². The van der Waals surface area contributed by atoms with Crippen LogP contribution in [0.5, 0.6) is 5.88 Å². The Morgan fingerprint density at radius 3 is 2.88 bits per heavy atom. The molecule has 2 aromatic heterocycles. The van der Waals surface area contributed by atoms with Crippen molar-refractivity contribution in [2.45, 2.75) is 33.4 Å². The lowest BCUT2D eigenvalue weighted by Gasteiger charge is -2.11. The van der Waals surface area contributed by atoms with Gasteiger partial charge >= 0.3 is 0 Å². The molecular weight excluding hydrogens is 431 g/mol. The molecule has 0 bridgehead atoms. The molecule has 0 unspecified atom stereocenters. The summed E-state index contributed by atoms with van der Waals surface area (Å²) in [4.78, 5) is 8.78. The Balaban J connectivity index is 0.00000312. The Morgan fingerprint density at radius 2 is 2.16 bits per heavy atom. The first-order valence-electron chi connectivity index (χ1n) is 8.39. The summed E-state index contributed by atoms with van der Waals surface area (Å²) in [7, 11) is 0. The predicted molar refractivity (Wildman–Crippen MR) is 110 cm³/mol. The lowest BCUT2D eigenvalue weighted by Crippen LogP contribution is -2.38. The maximum absolute atomic E-state index is 5.42. The average Bonchev–Trinajstić information content (AvgIpc) is 3.10. The number of pyridine rings is 1. The second-order valence-corrected chi connectivity index (χ2v) is 5.18. The number of rotatable bonds is 9. The number of nitrogens with one attached hydrogen (secondary N) is 2. The molecule has 0 atom stereocenters. The van der Waals surface area contributed by atoms with E-state index in [1.54, 1.807) is 12.4 Å². The van der Waals surface area contributed by atoms with Crippen molar-refractivity contribution in [3.63, 3.8) is 0 Å². The standard InChI is InChI=1S/C17H26N6O.HI/c1-3-18-17(20-8-5-11-23-12-6-9-22-23)21-14-15-7-10-19-16(13-15)24-4-2;/h6-7,9-10,12-13H,3-5,8,11,14H2,1-2H3,(H2,18,20,21);1H. The Hall–Kier alpha value is -1.84. The molecule has 7 nitrogen and oxygen atoms in total. The second kappa shape index (κ2) is 12.5. The number of nitrogens with zero attached hydrogens (tertiary/aromatic N) is 4. The van der Waals surface area contributed by atoms with Gasteiger partial charge < -0.3 is 15.4 Å². The zero-order chi connectivity index (χ0) is 17.0. The van der Waals surface area contributed by atoms with Crippen molar-refractivity contribution in [3.8, 4) is 5.88 Å². The summed E-state index contributed by atoms with van der Waals surface area (Å²) < 4.78 is 7.35. The Labute approximate surface area is 166 Å². The third-order valence-electron chi connectivity index (χ3n) is 3.27. The molecule has 25 heavy (non-hydrogen) atoms. The van der Waals surface area contributed by atoms with Gasteiger partial charge in [-0.25, -0.2) is 9.98 Å². The van der Waals surface area contributed by atoms with Gasteiger partial charge in [0.2, 0.25) is 5.88 Å². The fraction of sp³-hybridized carbons (Fsp3) is 0.471. The highest BCUT2D eigenvalue weighted by Gasteiger charge is 2.00. The fourth-order valence-electron chi connectivity index (χ4n) is 2.17. The van der Waals surface area contributed by atoms with E-state index in [1.165, 1.54) is 0 Å². The van der Waals surface area contributed by atoms with Crippen LogP contribution in [0.15, 0.2) is 41.8 Å². The quantitative estimate of drug-likeness (QED) is 0.261. The largest absolute Gasteiger partial charge is 0.478 e. The van der Waals surface area contributed by atoms with Gasteiger partial charge in [0.25, 0.3) is 0 Å². The summed E-state index contributed by atoms with van der Waals surface area (Å²) in [6.45, 7) is 7.75. The number of aromatic nitrogens is 3. The summed E-state index contributed by atoms with van der Waals surface area (Å²) in [5, 5.41) is 10.8. The molecule has 2 rings (SSSR count). The van der Waals surface area contributed by atoms with Crippen LogP contribution in [0.3, 0.4) is 0 Å². The van der Waals surface area contributed by atoms with Gasteiger partial charge in [0.05, 0.1) is 13.2 Å². The van der Waals surface area contributed by atoms with Gasteiger partial charge in [-0.1, -0.05) is 0 Å². The van der Waals surface area contributed by atoms with Crippen molar-refractivity contribution < 1.29 is 4.74 Å². The highest BCUT2D eigenvalue weighted by molar-refractivity contribution is 14.0. The SMILES string of the molecule is CCNC(=NCc1ccnc(OCC)c1)NCCCn1cccn1.I. The van der Waals surface area contributed by atoms with E-state index in [4.69, 9.17) is 4.74 Å². The maximum atomic E-state index is 5.42. The molecule has 2 N–H and O–H groups in total. The molecule has 0 radical (unpaired) electrons. The summed E-state index contributed by atoms with van der Waals surface area (Å²) >= 11 is 0. The molecule has 0 aliphatic heterocycles. The molecule has 0 fully saturated rings. The van der Waals surface area contributed by atoms with E-state index >= 15 is 0 Å². The summed E-state index contributed by atoms with van der Waals surface area (Å²) in [5.74, 6) is 1.45. The van der Waals surface area contributed by atoms with Gasteiger partial charge in [-0.3, -0.25) is 4.68 Å². The molecule has 0 amide bonds. The first-order chi connectivity index (χ1) is 11.8. The predicted octanol–water partition coefficient (Wildman–Crippen LogP) is 2.44. The van der Waals surface area contributed by atoms with Crippen LogP contribution in [0.25, 0.3) is 0 Å². The molecule has 0 aliphatic rings. The van der Waals surface area contributed by atoms with E-state index in [1.807, 2.05) is 36.0 Å². The van der Waals surface area contributed by atoms with Gasteiger partial charge in [0.15, 0.2) is 5.96 Å². The maximum Gasteiger partial charge on any atom is 0.213 e. The molecule has 8 heteroatoms. The molecule has 138 valence electrons. The number of hydrogen-bond acceptors (Lipinski definition) is 4. The van der Waals surface area contributed by atoms with Crippen LogP contribution >= 0.6 is 24.0 Å². The van der Waals surface area contributed by atoms with Gasteiger partial charge in [0.1, 0.15) is 0 Å². The van der Waals surface area contributed by atoms with Crippen molar-refractivity contribution in [2.75, 3.05) is 19.7 Å². The Morgan fingerprint density at radius 1 is 1.28 bits per heavy atom. The topological polar surface area (TPSA) is 76.4 Å². The first-order valence-corrected chi connectivity index (χ1v) is 8.39. The fourth-order valence-corrected chi connectivity index (χ4v) is 2.17. The van der Waals surface area contributed by atoms with Crippen molar-refractivity contribution in [3.05, 3.63) is 42.4 Å². The lowest BCUT2D eigenvalue weighted by atomic mass is 10.3. The van der Waals surface area contributed by atoms with Gasteiger partial charge in [-0.05, 0) is 38.0 Å². The van der Waals surface area contributed by atoms with E-state index in [0.717, 1.165) is 37.6 Å². The normalized spacial score (nSPS) is 10.9. The van der Waals surface area contributed by atoms with E-state index in [0.29, 0.717) is 19.0 Å². The third kappa shape index (κ3) is 8.19. The summed E-state index contributed by atoms with van der Waals surface area (Å²) in [5.41, 5.74) is 1.07. The van der Waals surface area contributed by atoms with E-state index in [-0.39, 0.29) is 24.0 Å². The smallest absolute Gasteiger partial charge is 0.213 e. The minimum Gasteiger partial charge on any atom is -0.478 e. The van der Waals surface area contributed by atoms with Crippen LogP contribution in [-0.4, -0.2) is 40.4 Å². The Kier molecular flexibility index (Phi) is 10.6. The summed E-state index contributed by atoms with van der Waals surface area (Å²) in [6, 6.07) is 5.81. The number of aryl methyl sites for hydroxylation is 1. The van der Waals surface area contributed by atoms with E-state index in [2.05, 4.69) is 32.6 Å². The molecule has 0 saturated carbocycles. The minimum atomic E-state index is 0. The highest BCUT2D eigenvalue weighted by atomic mass is 127. The average molecular weight is 458 g/mol. The van der Waals surface area contributed by atoms with Crippen molar-refractivity contribution in [2.24, 2.45) is 4.99 Å². The monoisotopic (exact) mass is 458 g/mol. The molecule has 0 aliphatic carbocycles. The third-order valence-corrected chi connectivity index (χ3v) is 3.27. The minimum absolute atomic E-state index is 0. The zero-order valence-electron chi connectivity index (χ0n) is 14.8. The van der Waals surface area contributed by atoms with Crippen LogP contribution in [0.1, 0.15) is 25.8 Å². The van der Waals surface area contributed by atoms with Crippen LogP contribution in [0.4, 0.5) is 0 Å².